The maximum atomic E-state index is 12.8. The summed E-state index contributed by atoms with van der Waals surface area (Å²) in [6.45, 7) is 1.68. The third kappa shape index (κ3) is 3.37. The Bertz CT molecular complexity index is 1050. The molecule has 3 aromatic rings. The molecule has 7 nitrogen and oxygen atoms in total. The smallest absolute Gasteiger partial charge is 0.265 e. The molecular weight excluding hydrogens is 354 g/mol. The number of hydrogen-bond donors (Lipinski definition) is 1. The second-order valence-electron chi connectivity index (χ2n) is 6.32. The number of carbonyl (C=O) groups excluding carboxylic acids is 2. The molecule has 1 unspecified atom stereocenters. The van der Waals surface area contributed by atoms with Crippen molar-refractivity contribution in [3.8, 4) is 11.3 Å². The lowest BCUT2D eigenvalue weighted by Crippen LogP contribution is -2.36. The monoisotopic (exact) mass is 371 g/mol. The molecule has 28 heavy (non-hydrogen) atoms. The number of para-hydroxylation sites is 1. The van der Waals surface area contributed by atoms with Gasteiger partial charge in [0.2, 0.25) is 5.91 Å². The van der Waals surface area contributed by atoms with Crippen LogP contribution in [0.1, 0.15) is 6.92 Å². The highest BCUT2D eigenvalue weighted by molar-refractivity contribution is 6.28. The number of carbonyl (C=O) groups is 2. The van der Waals surface area contributed by atoms with Gasteiger partial charge in [0, 0.05) is 23.6 Å². The third-order valence-corrected chi connectivity index (χ3v) is 4.38. The van der Waals surface area contributed by atoms with Gasteiger partial charge in [0.1, 0.15) is 0 Å². The summed E-state index contributed by atoms with van der Waals surface area (Å²) in [6.07, 6.45) is 4.85. The van der Waals surface area contributed by atoms with Crippen LogP contribution in [0.4, 0.5) is 11.4 Å². The molecule has 7 heteroatoms. The van der Waals surface area contributed by atoms with Crippen LogP contribution in [0, 0.1) is 5.92 Å². The molecule has 0 bridgehead atoms. The second-order valence-corrected chi connectivity index (χ2v) is 6.32. The summed E-state index contributed by atoms with van der Waals surface area (Å²) in [7, 11) is 0. The van der Waals surface area contributed by atoms with Gasteiger partial charge in [-0.3, -0.25) is 19.6 Å². The molecule has 1 aromatic heterocycles. The van der Waals surface area contributed by atoms with Crippen molar-refractivity contribution in [3.05, 3.63) is 73.2 Å². The summed E-state index contributed by atoms with van der Waals surface area (Å²) in [5.41, 5.74) is 3.18. The van der Waals surface area contributed by atoms with Gasteiger partial charge in [-0.2, -0.15) is 10.1 Å². The van der Waals surface area contributed by atoms with Crippen LogP contribution < -0.4 is 10.3 Å². The molecule has 2 heterocycles. The number of aromatic nitrogens is 2. The molecule has 0 spiro atoms. The van der Waals surface area contributed by atoms with E-state index >= 15 is 0 Å². The highest BCUT2D eigenvalue weighted by Gasteiger charge is 2.39. The topological polar surface area (TPSA) is 87.5 Å². The van der Waals surface area contributed by atoms with Gasteiger partial charge in [0.25, 0.3) is 5.91 Å². The summed E-state index contributed by atoms with van der Waals surface area (Å²) in [5, 5.41) is 8.36. The summed E-state index contributed by atoms with van der Waals surface area (Å²) in [6, 6.07) is 16.3. The summed E-state index contributed by atoms with van der Waals surface area (Å²) in [5.74, 6) is -1.74. The minimum Gasteiger partial charge on any atom is -0.325 e. The van der Waals surface area contributed by atoms with E-state index in [0.717, 1.165) is 5.56 Å². The molecule has 138 valence electrons. The van der Waals surface area contributed by atoms with Crippen molar-refractivity contribution in [3.63, 3.8) is 0 Å². The molecule has 0 saturated carbocycles. The Kier molecular flexibility index (Phi) is 4.63. The summed E-state index contributed by atoms with van der Waals surface area (Å²) < 4.78 is 0. The van der Waals surface area contributed by atoms with Crippen LogP contribution >= 0.6 is 0 Å². The zero-order valence-electron chi connectivity index (χ0n) is 15.1. The van der Waals surface area contributed by atoms with Crippen molar-refractivity contribution in [1.82, 2.24) is 9.97 Å². The minimum atomic E-state index is -0.958. The van der Waals surface area contributed by atoms with Crippen LogP contribution in [-0.2, 0) is 9.59 Å². The van der Waals surface area contributed by atoms with Crippen LogP contribution in [0.25, 0.3) is 11.3 Å². The van der Waals surface area contributed by atoms with E-state index in [-0.39, 0.29) is 5.91 Å². The molecule has 1 aliphatic rings. The van der Waals surface area contributed by atoms with Crippen molar-refractivity contribution in [1.29, 1.82) is 0 Å². The van der Waals surface area contributed by atoms with Crippen molar-refractivity contribution < 1.29 is 9.59 Å². The number of amides is 2. The molecule has 0 aliphatic carbocycles. The SMILES string of the molecule is CC1=NN(c2ccccc2)C(=O)C1C(=O)Nc1cccc(-c2cnccn2)c1. The lowest BCUT2D eigenvalue weighted by atomic mass is 10.0. The van der Waals surface area contributed by atoms with Crippen LogP contribution in [0.5, 0.6) is 0 Å². The maximum Gasteiger partial charge on any atom is 0.265 e. The zero-order valence-corrected chi connectivity index (χ0v) is 15.1. The van der Waals surface area contributed by atoms with Gasteiger partial charge in [-0.15, -0.1) is 0 Å². The first-order valence-corrected chi connectivity index (χ1v) is 8.75. The van der Waals surface area contributed by atoms with Gasteiger partial charge in [-0.25, -0.2) is 0 Å². The largest absolute Gasteiger partial charge is 0.325 e. The van der Waals surface area contributed by atoms with E-state index in [1.54, 1.807) is 49.8 Å². The number of rotatable bonds is 4. The number of benzene rings is 2. The van der Waals surface area contributed by atoms with Crippen LogP contribution in [0.3, 0.4) is 0 Å². The van der Waals surface area contributed by atoms with Crippen molar-refractivity contribution >= 4 is 28.9 Å². The summed E-state index contributed by atoms with van der Waals surface area (Å²) >= 11 is 0. The average molecular weight is 371 g/mol. The second kappa shape index (κ2) is 7.40. The number of hydrazone groups is 1. The molecule has 1 N–H and O–H groups in total. The molecule has 0 saturated heterocycles. The standard InChI is InChI=1S/C21H17N5O2/c1-14-19(21(28)26(25-14)17-8-3-2-4-9-17)20(27)24-16-7-5-6-15(12-16)18-13-22-10-11-23-18/h2-13,19H,1H3,(H,24,27). The van der Waals surface area contributed by atoms with E-state index in [1.165, 1.54) is 5.01 Å². The average Bonchev–Trinajstić information content (AvgIpc) is 3.03. The fourth-order valence-corrected chi connectivity index (χ4v) is 3.04. The molecule has 2 aromatic carbocycles. The van der Waals surface area contributed by atoms with Crippen molar-refractivity contribution in [2.24, 2.45) is 11.0 Å². The minimum absolute atomic E-state index is 0.369. The Balaban J connectivity index is 1.53. The van der Waals surface area contributed by atoms with Crippen LogP contribution in [-0.4, -0.2) is 27.5 Å². The fourth-order valence-electron chi connectivity index (χ4n) is 3.04. The first-order valence-electron chi connectivity index (χ1n) is 8.75. The third-order valence-electron chi connectivity index (χ3n) is 4.38. The highest BCUT2D eigenvalue weighted by Crippen LogP contribution is 2.25. The van der Waals surface area contributed by atoms with Crippen molar-refractivity contribution in [2.45, 2.75) is 6.92 Å². The quantitative estimate of drug-likeness (QED) is 0.714. The van der Waals surface area contributed by atoms with E-state index < -0.39 is 11.8 Å². The van der Waals surface area contributed by atoms with E-state index in [1.807, 2.05) is 30.3 Å². The van der Waals surface area contributed by atoms with E-state index in [2.05, 4.69) is 20.4 Å². The normalized spacial score (nSPS) is 16.0. The highest BCUT2D eigenvalue weighted by atomic mass is 16.2. The van der Waals surface area contributed by atoms with Crippen LogP contribution in [0.2, 0.25) is 0 Å². The van der Waals surface area contributed by atoms with Crippen LogP contribution in [0.15, 0.2) is 78.3 Å². The molecule has 0 fully saturated rings. The van der Waals surface area contributed by atoms with Gasteiger partial charge in [0.15, 0.2) is 5.92 Å². The van der Waals surface area contributed by atoms with Gasteiger partial charge < -0.3 is 5.32 Å². The number of hydrogen-bond acceptors (Lipinski definition) is 5. The number of nitrogens with zero attached hydrogens (tertiary/aromatic N) is 4. The number of anilines is 2. The maximum absolute atomic E-state index is 12.8. The first-order chi connectivity index (χ1) is 13.6. The Morgan fingerprint density at radius 1 is 1.07 bits per heavy atom. The van der Waals surface area contributed by atoms with Gasteiger partial charge >= 0.3 is 0 Å². The molecule has 1 aliphatic heterocycles. The number of nitrogens with one attached hydrogen (secondary N) is 1. The first kappa shape index (κ1) is 17.5. The fraction of sp³-hybridized carbons (Fsp3) is 0.0952. The Hall–Kier alpha value is -3.87. The lowest BCUT2D eigenvalue weighted by Gasteiger charge is -2.14. The van der Waals surface area contributed by atoms with Gasteiger partial charge in [-0.1, -0.05) is 30.3 Å². The van der Waals surface area contributed by atoms with E-state index in [0.29, 0.717) is 22.8 Å². The van der Waals surface area contributed by atoms with Gasteiger partial charge in [0.05, 0.1) is 23.3 Å². The van der Waals surface area contributed by atoms with E-state index in [9.17, 15) is 9.59 Å². The zero-order chi connectivity index (χ0) is 19.5. The predicted octanol–water partition coefficient (Wildman–Crippen LogP) is 3.12. The van der Waals surface area contributed by atoms with E-state index in [4.69, 9.17) is 0 Å². The lowest BCUT2D eigenvalue weighted by molar-refractivity contribution is -0.127. The van der Waals surface area contributed by atoms with Gasteiger partial charge in [-0.05, 0) is 31.2 Å². The predicted molar refractivity (Wildman–Crippen MR) is 107 cm³/mol. The molecule has 0 radical (unpaired) electrons. The molecule has 2 amide bonds. The Morgan fingerprint density at radius 2 is 1.89 bits per heavy atom. The molecular formula is C21H17N5O2. The molecule has 1 atom stereocenters. The molecule has 4 rings (SSSR count). The Morgan fingerprint density at radius 3 is 2.64 bits per heavy atom. The summed E-state index contributed by atoms with van der Waals surface area (Å²) in [4.78, 5) is 33.9. The Labute approximate surface area is 161 Å². The van der Waals surface area contributed by atoms with Crippen molar-refractivity contribution in [2.75, 3.05) is 10.3 Å².